The number of hydrogen-bond donors (Lipinski definition) is 1. The van der Waals surface area contributed by atoms with Crippen molar-refractivity contribution in [2.75, 3.05) is 31.9 Å². The molecule has 1 amide bonds. The van der Waals surface area contributed by atoms with Crippen LogP contribution in [0.2, 0.25) is 0 Å². The van der Waals surface area contributed by atoms with Gasteiger partial charge in [0.05, 0.1) is 25.8 Å². The summed E-state index contributed by atoms with van der Waals surface area (Å²) in [5.74, 6) is -0.0735. The number of anilines is 1. The number of hydrogen-bond acceptors (Lipinski definition) is 8. The minimum absolute atomic E-state index is 0.00238. The Morgan fingerprint density at radius 1 is 1.15 bits per heavy atom. The summed E-state index contributed by atoms with van der Waals surface area (Å²) in [7, 11) is 1.53. The van der Waals surface area contributed by atoms with E-state index in [2.05, 4.69) is 18.8 Å². The molecule has 2 aromatic carbocycles. The third-order valence-corrected chi connectivity index (χ3v) is 9.10. The lowest BCUT2D eigenvalue weighted by Gasteiger charge is -2.35. The molecule has 0 spiro atoms. The van der Waals surface area contributed by atoms with Gasteiger partial charge in [-0.05, 0) is 74.6 Å². The summed E-state index contributed by atoms with van der Waals surface area (Å²) in [5, 5.41) is 10.7. The minimum atomic E-state index is -0.953. The van der Waals surface area contributed by atoms with Crippen LogP contribution in [0.5, 0.6) is 17.2 Å². The molecule has 2 aliphatic rings. The van der Waals surface area contributed by atoms with Crippen molar-refractivity contribution in [1.29, 1.82) is 0 Å². The molecular weight excluding hydrogens is 593 g/mol. The molecule has 46 heavy (non-hydrogen) atoms. The van der Waals surface area contributed by atoms with E-state index in [1.165, 1.54) is 13.2 Å². The number of ether oxygens (including phenoxy) is 3. The second-order valence-electron chi connectivity index (χ2n) is 12.3. The molecule has 3 heterocycles. The number of carboxylic acids is 1. The van der Waals surface area contributed by atoms with Gasteiger partial charge in [0, 0.05) is 36.7 Å². The van der Waals surface area contributed by atoms with Gasteiger partial charge < -0.3 is 28.6 Å². The lowest BCUT2D eigenvalue weighted by molar-refractivity contribution is -0.143. The van der Waals surface area contributed by atoms with Crippen molar-refractivity contribution in [1.82, 2.24) is 9.88 Å². The van der Waals surface area contributed by atoms with E-state index in [1.54, 1.807) is 36.2 Å². The molecule has 1 fully saturated rings. The van der Waals surface area contributed by atoms with Crippen LogP contribution in [0.3, 0.4) is 0 Å². The maximum absolute atomic E-state index is 14.4. The first-order chi connectivity index (χ1) is 22.1. The number of methoxy groups -OCH3 is 1. The predicted octanol–water partition coefficient (Wildman–Crippen LogP) is 6.27. The first-order valence-corrected chi connectivity index (χ1v) is 16.1. The largest absolute Gasteiger partial charge is 0.493 e. The molecule has 0 bridgehead atoms. The molecule has 5 rings (SSSR count). The summed E-state index contributed by atoms with van der Waals surface area (Å²) in [6, 6.07) is 7.83. The van der Waals surface area contributed by atoms with Crippen molar-refractivity contribution in [2.45, 2.75) is 84.2 Å². The Morgan fingerprint density at radius 2 is 1.91 bits per heavy atom. The van der Waals surface area contributed by atoms with Gasteiger partial charge >= 0.3 is 5.97 Å². The summed E-state index contributed by atoms with van der Waals surface area (Å²) < 4.78 is 36.9. The average molecular weight is 638 g/mol. The molecular formula is C35H44FN3O7. The van der Waals surface area contributed by atoms with Gasteiger partial charge in [0.25, 0.3) is 0 Å². The number of aliphatic carboxylic acids is 1. The van der Waals surface area contributed by atoms with E-state index >= 15 is 0 Å². The Morgan fingerprint density at radius 3 is 2.54 bits per heavy atom. The van der Waals surface area contributed by atoms with Crippen LogP contribution in [0, 0.1) is 25.6 Å². The van der Waals surface area contributed by atoms with Crippen molar-refractivity contribution < 1.29 is 37.7 Å². The predicted molar refractivity (Wildman–Crippen MR) is 170 cm³/mol. The van der Waals surface area contributed by atoms with Crippen molar-refractivity contribution in [3.63, 3.8) is 0 Å². The Hall–Kier alpha value is -4.12. The van der Waals surface area contributed by atoms with Gasteiger partial charge in [-0.25, -0.2) is 9.37 Å². The summed E-state index contributed by atoms with van der Waals surface area (Å²) in [6.07, 6.45) is 5.83. The molecule has 0 saturated carbocycles. The molecule has 2 aliphatic heterocycles. The number of likely N-dealkylation sites (tertiary alicyclic amines) is 1. The number of halogens is 1. The van der Waals surface area contributed by atoms with Crippen molar-refractivity contribution >= 4 is 17.6 Å². The lowest BCUT2D eigenvalue weighted by atomic mass is 9.83. The van der Waals surface area contributed by atoms with Gasteiger partial charge in [0.1, 0.15) is 11.6 Å². The Balaban J connectivity index is 1.51. The molecule has 248 valence electrons. The molecule has 0 radical (unpaired) electrons. The second-order valence-corrected chi connectivity index (χ2v) is 12.3. The maximum Gasteiger partial charge on any atom is 0.308 e. The van der Waals surface area contributed by atoms with Crippen LogP contribution >= 0.6 is 0 Å². The van der Waals surface area contributed by atoms with Gasteiger partial charge in [0.2, 0.25) is 18.4 Å². The number of oxazole rings is 1. The van der Waals surface area contributed by atoms with E-state index in [9.17, 15) is 19.1 Å². The first kappa shape index (κ1) is 33.2. The van der Waals surface area contributed by atoms with E-state index in [0.717, 1.165) is 31.2 Å². The summed E-state index contributed by atoms with van der Waals surface area (Å²) in [4.78, 5) is 35.6. The number of aromatic nitrogens is 1. The smallest absolute Gasteiger partial charge is 0.308 e. The van der Waals surface area contributed by atoms with Crippen LogP contribution < -0.4 is 19.1 Å². The minimum Gasteiger partial charge on any atom is -0.493 e. The zero-order chi connectivity index (χ0) is 33.0. The molecule has 1 N–H and O–H groups in total. The van der Waals surface area contributed by atoms with Crippen molar-refractivity contribution in [3.8, 4) is 17.2 Å². The van der Waals surface area contributed by atoms with E-state index in [4.69, 9.17) is 18.6 Å². The number of benzene rings is 2. The van der Waals surface area contributed by atoms with E-state index < -0.39 is 23.8 Å². The highest BCUT2D eigenvalue weighted by Crippen LogP contribution is 2.47. The number of rotatable bonds is 14. The highest BCUT2D eigenvalue weighted by atomic mass is 19.1. The van der Waals surface area contributed by atoms with Gasteiger partial charge in [-0.3, -0.25) is 14.5 Å². The number of carbonyl (C=O) groups is 2. The normalized spacial score (nSPS) is 19.2. The molecule has 0 unspecified atom stereocenters. The monoisotopic (exact) mass is 637 g/mol. The fourth-order valence-corrected chi connectivity index (χ4v) is 7.00. The third kappa shape index (κ3) is 6.99. The Bertz CT molecular complexity index is 1540. The Kier molecular flexibility index (Phi) is 10.5. The number of fused-ring (bicyclic) bond motifs is 1. The zero-order valence-corrected chi connectivity index (χ0v) is 27.3. The molecule has 1 aromatic heterocycles. The number of nitrogens with zero attached hydrogens (tertiary/aromatic N) is 3. The molecule has 3 atom stereocenters. The SMILES string of the molecule is CCCC(CCC)N(C(=O)CN1C[C@H](c2cc(OC)c3c(c2)OCO3)[C@@H](C(=O)O)[C@@H]1CCc1ncc(C)o1)c1ccc(F)c(C)c1. The molecule has 10 nitrogen and oxygen atoms in total. The molecule has 0 aliphatic carbocycles. The first-order valence-electron chi connectivity index (χ1n) is 16.1. The lowest BCUT2D eigenvalue weighted by Crippen LogP contribution is -2.48. The molecule has 3 aromatic rings. The Labute approximate surface area is 269 Å². The van der Waals surface area contributed by atoms with E-state index in [0.29, 0.717) is 59.5 Å². The van der Waals surface area contributed by atoms with Crippen LogP contribution in [-0.2, 0) is 16.0 Å². The maximum atomic E-state index is 14.4. The fourth-order valence-electron chi connectivity index (χ4n) is 7.00. The topological polar surface area (TPSA) is 115 Å². The van der Waals surface area contributed by atoms with E-state index in [-0.39, 0.29) is 31.1 Å². The van der Waals surface area contributed by atoms with E-state index in [1.807, 2.05) is 17.9 Å². The fraction of sp³-hybridized carbons (Fsp3) is 0.514. The van der Waals surface area contributed by atoms with Gasteiger partial charge in [0.15, 0.2) is 17.4 Å². The second kappa shape index (κ2) is 14.5. The number of carbonyl (C=O) groups excluding carboxylic acids is 1. The number of amides is 1. The number of aryl methyl sites for hydroxylation is 3. The van der Waals surface area contributed by atoms with Crippen LogP contribution in [0.1, 0.15) is 74.6 Å². The molecule has 11 heteroatoms. The molecule has 1 saturated heterocycles. The summed E-state index contributed by atoms with van der Waals surface area (Å²) >= 11 is 0. The zero-order valence-electron chi connectivity index (χ0n) is 27.3. The highest BCUT2D eigenvalue weighted by molar-refractivity contribution is 5.95. The van der Waals surface area contributed by atoms with Crippen molar-refractivity contribution in [2.24, 2.45) is 5.92 Å². The van der Waals surface area contributed by atoms with Crippen LogP contribution in [-0.4, -0.2) is 65.9 Å². The van der Waals surface area contributed by atoms with Crippen LogP contribution in [0.4, 0.5) is 10.1 Å². The summed E-state index contributed by atoms with van der Waals surface area (Å²) in [5.41, 5.74) is 1.85. The number of carboxylic acid groups (broad SMARTS) is 1. The van der Waals surface area contributed by atoms with Gasteiger partial charge in [-0.1, -0.05) is 26.7 Å². The van der Waals surface area contributed by atoms with Crippen molar-refractivity contribution in [3.05, 3.63) is 65.1 Å². The van der Waals surface area contributed by atoms with Crippen LogP contribution in [0.15, 0.2) is 40.9 Å². The summed E-state index contributed by atoms with van der Waals surface area (Å²) in [6.45, 7) is 8.05. The standard InChI is InChI=1S/C35H44FN3O7/c1-6-8-24(9-7-2)39(25-10-11-27(36)21(3)14-25)32(40)19-38-18-26(23-15-29(43-5)34-30(16-23)44-20-45-34)33(35(41)42)28(38)12-13-31-37-17-22(4)46-31/h10-11,14-17,24,26,28,33H,6-9,12-13,18-20H2,1-5H3,(H,41,42)/t26-,28+,33-/m1/s1. The van der Waals surface area contributed by atoms with Crippen LogP contribution in [0.25, 0.3) is 0 Å². The third-order valence-electron chi connectivity index (χ3n) is 9.10. The quantitative estimate of drug-likeness (QED) is 0.218. The average Bonchev–Trinajstić information content (AvgIpc) is 3.76. The van der Waals surface area contributed by atoms with Gasteiger partial charge in [-0.15, -0.1) is 0 Å². The highest BCUT2D eigenvalue weighted by Gasteiger charge is 2.48. The van der Waals surface area contributed by atoms with Gasteiger partial charge in [-0.2, -0.15) is 0 Å².